The lowest BCUT2D eigenvalue weighted by Gasteiger charge is -2.18. The van der Waals surface area contributed by atoms with E-state index in [4.69, 9.17) is 14.2 Å². The lowest BCUT2D eigenvalue weighted by atomic mass is 10.0. The van der Waals surface area contributed by atoms with Crippen LogP contribution < -0.4 is 0 Å². The van der Waals surface area contributed by atoms with Crippen molar-refractivity contribution in [3.8, 4) is 0 Å². The van der Waals surface area contributed by atoms with Gasteiger partial charge in [0.05, 0.1) is 0 Å². The van der Waals surface area contributed by atoms with Crippen LogP contribution in [0.1, 0.15) is 369 Å². The van der Waals surface area contributed by atoms with Gasteiger partial charge in [0.2, 0.25) is 0 Å². The Kier molecular flexibility index (Phi) is 55.9. The number of hydrogen-bond acceptors (Lipinski definition) is 6. The summed E-state index contributed by atoms with van der Waals surface area (Å²) in [4.78, 5) is 38.4. The van der Waals surface area contributed by atoms with E-state index in [-0.39, 0.29) is 31.1 Å². The van der Waals surface area contributed by atoms with Gasteiger partial charge >= 0.3 is 17.9 Å². The molecule has 0 N–H and O–H groups in total. The molecule has 0 aromatic heterocycles. The molecule has 0 amide bonds. The summed E-state index contributed by atoms with van der Waals surface area (Å²) in [7, 11) is 0. The highest BCUT2D eigenvalue weighted by molar-refractivity contribution is 5.71. The number of ether oxygens (including phenoxy) is 3. The molecule has 0 aliphatic rings. The summed E-state index contributed by atoms with van der Waals surface area (Å²) in [6, 6.07) is 0. The SMILES string of the molecule is CC(C)CCCCCCCCCCCCCCCCCCC(=O)OC[C@@H](COC(=O)CCCCCCCCCCCCCCCCC(C)C)OC(=O)CCCCCCCCCCCCCCCCCC(C)C. The molecule has 0 unspecified atom stereocenters. The standard InChI is InChI=1S/C66H128O6/c1-60(2)52-46-40-34-28-22-16-10-7-8-12-19-25-31-37-43-49-55-64(67)70-58-63(59-71-65(68)56-50-44-38-32-26-20-15-14-18-24-30-36-42-48-54-62(5)6)72-66(69)57-51-45-39-33-27-21-13-9-11-17-23-29-35-41-47-53-61(3)4/h60-63H,7-59H2,1-6H3/t63-/m0/s1. The molecule has 0 rings (SSSR count). The summed E-state index contributed by atoms with van der Waals surface area (Å²) < 4.78 is 17.0. The van der Waals surface area contributed by atoms with Gasteiger partial charge in [0.15, 0.2) is 6.10 Å². The largest absolute Gasteiger partial charge is 0.462 e. The molecule has 0 aromatic carbocycles. The molecule has 428 valence electrons. The summed E-state index contributed by atoms with van der Waals surface area (Å²) in [5.74, 6) is 1.71. The van der Waals surface area contributed by atoms with Crippen LogP contribution in [0.4, 0.5) is 0 Å². The number of carbonyl (C=O) groups is 3. The van der Waals surface area contributed by atoms with Crippen molar-refractivity contribution >= 4 is 17.9 Å². The first kappa shape index (κ1) is 70.4. The summed E-state index contributed by atoms with van der Waals surface area (Å²) in [6.07, 6.45) is 62.5. The van der Waals surface area contributed by atoms with Gasteiger partial charge in [0.25, 0.3) is 0 Å². The molecule has 0 fully saturated rings. The minimum Gasteiger partial charge on any atom is -0.462 e. The van der Waals surface area contributed by atoms with E-state index in [1.54, 1.807) is 0 Å². The highest BCUT2D eigenvalue weighted by Gasteiger charge is 2.19. The van der Waals surface area contributed by atoms with Crippen molar-refractivity contribution in [1.29, 1.82) is 0 Å². The lowest BCUT2D eigenvalue weighted by molar-refractivity contribution is -0.167. The Morgan fingerprint density at radius 1 is 0.236 bits per heavy atom. The van der Waals surface area contributed by atoms with Crippen LogP contribution in [0, 0.1) is 17.8 Å². The molecule has 6 heteroatoms. The predicted octanol–water partition coefficient (Wildman–Crippen LogP) is 21.8. The predicted molar refractivity (Wildman–Crippen MR) is 312 cm³/mol. The van der Waals surface area contributed by atoms with Crippen molar-refractivity contribution < 1.29 is 28.6 Å². The van der Waals surface area contributed by atoms with Crippen LogP contribution in [0.2, 0.25) is 0 Å². The fourth-order valence-corrected chi connectivity index (χ4v) is 10.2. The first-order valence-electron chi connectivity index (χ1n) is 32.6. The van der Waals surface area contributed by atoms with E-state index < -0.39 is 6.10 Å². The van der Waals surface area contributed by atoms with Gasteiger partial charge in [0, 0.05) is 19.3 Å². The number of carbonyl (C=O) groups excluding carboxylic acids is 3. The fourth-order valence-electron chi connectivity index (χ4n) is 10.2. The van der Waals surface area contributed by atoms with Crippen LogP contribution in [0.3, 0.4) is 0 Å². The zero-order valence-electron chi connectivity index (χ0n) is 49.7. The van der Waals surface area contributed by atoms with E-state index in [1.165, 1.54) is 250 Å². The van der Waals surface area contributed by atoms with Gasteiger partial charge in [-0.05, 0) is 37.0 Å². The van der Waals surface area contributed by atoms with E-state index in [0.717, 1.165) is 75.5 Å². The smallest absolute Gasteiger partial charge is 0.306 e. The van der Waals surface area contributed by atoms with Crippen LogP contribution in [-0.4, -0.2) is 37.2 Å². The Labute approximate surface area is 450 Å². The Balaban J connectivity index is 4.29. The van der Waals surface area contributed by atoms with Crippen molar-refractivity contribution in [2.24, 2.45) is 17.8 Å². The zero-order chi connectivity index (χ0) is 52.6. The quantitative estimate of drug-likeness (QED) is 0.0343. The third kappa shape index (κ3) is 59.3. The molecule has 0 saturated carbocycles. The molecule has 0 spiro atoms. The van der Waals surface area contributed by atoms with E-state index in [0.29, 0.717) is 19.3 Å². The maximum atomic E-state index is 12.9. The third-order valence-electron chi connectivity index (χ3n) is 15.1. The van der Waals surface area contributed by atoms with Gasteiger partial charge in [-0.3, -0.25) is 14.4 Å². The maximum absolute atomic E-state index is 12.9. The molecule has 0 saturated heterocycles. The zero-order valence-corrected chi connectivity index (χ0v) is 49.7. The second-order valence-corrected chi connectivity index (χ2v) is 24.2. The molecular formula is C66H128O6. The summed E-state index contributed by atoms with van der Waals surface area (Å²) in [5, 5.41) is 0. The summed E-state index contributed by atoms with van der Waals surface area (Å²) in [5.41, 5.74) is 0. The van der Waals surface area contributed by atoms with E-state index in [1.807, 2.05) is 0 Å². The van der Waals surface area contributed by atoms with Crippen molar-refractivity contribution in [3.05, 3.63) is 0 Å². The van der Waals surface area contributed by atoms with Crippen LogP contribution in [0.25, 0.3) is 0 Å². The highest BCUT2D eigenvalue weighted by Crippen LogP contribution is 2.19. The molecule has 0 radical (unpaired) electrons. The lowest BCUT2D eigenvalue weighted by Crippen LogP contribution is -2.30. The van der Waals surface area contributed by atoms with Crippen molar-refractivity contribution in [3.63, 3.8) is 0 Å². The molecule has 0 heterocycles. The van der Waals surface area contributed by atoms with Gasteiger partial charge in [-0.2, -0.15) is 0 Å². The molecule has 0 aliphatic carbocycles. The second-order valence-electron chi connectivity index (χ2n) is 24.2. The minimum atomic E-state index is -0.765. The van der Waals surface area contributed by atoms with Gasteiger partial charge in [-0.25, -0.2) is 0 Å². The molecule has 6 nitrogen and oxygen atoms in total. The van der Waals surface area contributed by atoms with E-state index >= 15 is 0 Å². The normalized spacial score (nSPS) is 12.1. The van der Waals surface area contributed by atoms with E-state index in [9.17, 15) is 14.4 Å². The van der Waals surface area contributed by atoms with Crippen LogP contribution >= 0.6 is 0 Å². The number of unbranched alkanes of at least 4 members (excludes halogenated alkanes) is 42. The maximum Gasteiger partial charge on any atom is 0.306 e. The van der Waals surface area contributed by atoms with Gasteiger partial charge < -0.3 is 14.2 Å². The van der Waals surface area contributed by atoms with Crippen LogP contribution in [0.15, 0.2) is 0 Å². The Morgan fingerprint density at radius 3 is 0.597 bits per heavy atom. The third-order valence-corrected chi connectivity index (χ3v) is 15.1. The van der Waals surface area contributed by atoms with Gasteiger partial charge in [0.1, 0.15) is 13.2 Å². The van der Waals surface area contributed by atoms with Crippen molar-refractivity contribution in [2.75, 3.05) is 13.2 Å². The summed E-state index contributed by atoms with van der Waals surface area (Å²) in [6.45, 7) is 13.8. The van der Waals surface area contributed by atoms with E-state index in [2.05, 4.69) is 41.5 Å². The molecule has 0 bridgehead atoms. The van der Waals surface area contributed by atoms with Gasteiger partial charge in [-0.1, -0.05) is 330 Å². The second kappa shape index (κ2) is 57.1. The molecular weight excluding hydrogens is 889 g/mol. The van der Waals surface area contributed by atoms with Crippen LogP contribution in [0.5, 0.6) is 0 Å². The molecule has 1 atom stereocenters. The Hall–Kier alpha value is -1.59. The average Bonchev–Trinajstić information content (AvgIpc) is 3.34. The monoisotopic (exact) mass is 1020 g/mol. The average molecular weight is 1020 g/mol. The van der Waals surface area contributed by atoms with Crippen molar-refractivity contribution in [1.82, 2.24) is 0 Å². The molecule has 72 heavy (non-hydrogen) atoms. The van der Waals surface area contributed by atoms with Gasteiger partial charge in [-0.15, -0.1) is 0 Å². The Bertz CT molecular complexity index is 1120. The van der Waals surface area contributed by atoms with Crippen LogP contribution in [-0.2, 0) is 28.6 Å². The first-order chi connectivity index (χ1) is 35.1. The minimum absolute atomic E-state index is 0.0623. The number of rotatable bonds is 59. The number of esters is 3. The summed E-state index contributed by atoms with van der Waals surface area (Å²) >= 11 is 0. The molecule has 0 aliphatic heterocycles. The first-order valence-corrected chi connectivity index (χ1v) is 32.6. The fraction of sp³-hybridized carbons (Fsp3) is 0.955. The highest BCUT2D eigenvalue weighted by atomic mass is 16.6. The Morgan fingerprint density at radius 2 is 0.403 bits per heavy atom. The topological polar surface area (TPSA) is 78.9 Å². The van der Waals surface area contributed by atoms with Crippen molar-refractivity contribution in [2.45, 2.75) is 375 Å². The molecule has 0 aromatic rings. The number of hydrogen-bond donors (Lipinski definition) is 0.